The summed E-state index contributed by atoms with van der Waals surface area (Å²) in [5.74, 6) is -0.107. The van der Waals surface area contributed by atoms with Crippen LogP contribution in [0.15, 0.2) is 12.7 Å². The van der Waals surface area contributed by atoms with E-state index in [-0.39, 0.29) is 9.33 Å². The highest BCUT2D eigenvalue weighted by Crippen LogP contribution is 2.14. The summed E-state index contributed by atoms with van der Waals surface area (Å²) in [7, 11) is 0. The van der Waals surface area contributed by atoms with E-state index in [1.54, 1.807) is 0 Å². The van der Waals surface area contributed by atoms with Crippen LogP contribution in [0.2, 0.25) is 0 Å². The Morgan fingerprint density at radius 1 is 1.80 bits per heavy atom. The molecule has 0 aliphatic rings. The van der Waals surface area contributed by atoms with Crippen LogP contribution in [0.5, 0.6) is 0 Å². The maximum Gasteiger partial charge on any atom is 0.243 e. The summed E-state index contributed by atoms with van der Waals surface area (Å²) in [6.07, 6.45) is 1.28. The molecular formula is C7H12INO. The summed E-state index contributed by atoms with van der Waals surface area (Å²) < 4.78 is 0.121. The molecule has 2 nitrogen and oxygen atoms in total. The molecule has 0 aliphatic heterocycles. The van der Waals surface area contributed by atoms with Crippen LogP contribution in [0.4, 0.5) is 0 Å². The Labute approximate surface area is 75.2 Å². The number of carbonyl (C=O) groups is 1. The number of amides is 1. The maximum atomic E-state index is 10.6. The van der Waals surface area contributed by atoms with Crippen molar-refractivity contribution >= 4 is 28.5 Å². The van der Waals surface area contributed by atoms with Crippen LogP contribution >= 0.6 is 22.6 Å². The minimum Gasteiger partial charge on any atom is -0.351 e. The second kappa shape index (κ2) is 3.95. The van der Waals surface area contributed by atoms with Gasteiger partial charge in [0.2, 0.25) is 5.91 Å². The van der Waals surface area contributed by atoms with Crippen LogP contribution < -0.4 is 5.32 Å². The fourth-order valence-electron chi connectivity index (χ4n) is 0.369. The van der Waals surface area contributed by atoms with E-state index in [1.165, 1.54) is 6.08 Å². The first-order valence-corrected chi connectivity index (χ1v) is 4.13. The molecule has 0 fully saturated rings. The highest BCUT2D eigenvalue weighted by molar-refractivity contribution is 14.1. The Kier molecular flexibility index (Phi) is 3.93. The molecule has 0 rings (SSSR count). The Hall–Kier alpha value is -0.0600. The van der Waals surface area contributed by atoms with Gasteiger partial charge in [0.15, 0.2) is 0 Å². The predicted molar refractivity (Wildman–Crippen MR) is 51.3 cm³/mol. The van der Waals surface area contributed by atoms with Crippen molar-refractivity contribution in [2.24, 2.45) is 0 Å². The third-order valence-corrected chi connectivity index (χ3v) is 1.25. The van der Waals surface area contributed by atoms with Crippen molar-refractivity contribution in [1.29, 1.82) is 0 Å². The average molecular weight is 253 g/mol. The standard InChI is InChI=1S/C7H12INO/c1-4-6(10)9-5-7(2,3)8/h4H,1,5H2,2-3H3,(H,9,10). The summed E-state index contributed by atoms with van der Waals surface area (Å²) in [4.78, 5) is 10.6. The zero-order valence-electron chi connectivity index (χ0n) is 6.28. The largest absolute Gasteiger partial charge is 0.351 e. The summed E-state index contributed by atoms with van der Waals surface area (Å²) in [5.41, 5.74) is 0. The van der Waals surface area contributed by atoms with E-state index < -0.39 is 0 Å². The van der Waals surface area contributed by atoms with Gasteiger partial charge in [-0.2, -0.15) is 0 Å². The Balaban J connectivity index is 3.55. The zero-order chi connectivity index (χ0) is 8.20. The van der Waals surface area contributed by atoms with Crippen molar-refractivity contribution < 1.29 is 4.79 Å². The van der Waals surface area contributed by atoms with Gasteiger partial charge in [0.25, 0.3) is 0 Å². The molecule has 3 heteroatoms. The quantitative estimate of drug-likeness (QED) is 0.461. The lowest BCUT2D eigenvalue weighted by Gasteiger charge is -2.15. The second-order valence-corrected chi connectivity index (χ2v) is 5.56. The number of nitrogens with one attached hydrogen (secondary N) is 1. The Morgan fingerprint density at radius 3 is 2.60 bits per heavy atom. The molecule has 0 atom stereocenters. The summed E-state index contributed by atoms with van der Waals surface area (Å²) in [5, 5.41) is 2.71. The lowest BCUT2D eigenvalue weighted by Crippen LogP contribution is -2.32. The molecule has 0 saturated carbocycles. The first-order chi connectivity index (χ1) is 4.45. The van der Waals surface area contributed by atoms with E-state index in [9.17, 15) is 4.79 Å². The van der Waals surface area contributed by atoms with Crippen LogP contribution in [0.3, 0.4) is 0 Å². The molecule has 1 N–H and O–H groups in total. The van der Waals surface area contributed by atoms with E-state index in [0.29, 0.717) is 6.54 Å². The van der Waals surface area contributed by atoms with Gasteiger partial charge in [0.1, 0.15) is 0 Å². The van der Waals surface area contributed by atoms with Crippen LogP contribution in [0.1, 0.15) is 13.8 Å². The van der Waals surface area contributed by atoms with E-state index in [0.717, 1.165) is 0 Å². The molecule has 0 aliphatic carbocycles. The maximum absolute atomic E-state index is 10.6. The highest BCUT2D eigenvalue weighted by atomic mass is 127. The normalized spacial score (nSPS) is 10.7. The monoisotopic (exact) mass is 253 g/mol. The van der Waals surface area contributed by atoms with Gasteiger partial charge in [-0.05, 0) is 19.9 Å². The van der Waals surface area contributed by atoms with E-state index in [2.05, 4.69) is 48.3 Å². The molecule has 10 heavy (non-hydrogen) atoms. The van der Waals surface area contributed by atoms with E-state index >= 15 is 0 Å². The lowest BCUT2D eigenvalue weighted by molar-refractivity contribution is -0.116. The molecule has 58 valence electrons. The molecule has 0 unspecified atom stereocenters. The summed E-state index contributed by atoms with van der Waals surface area (Å²) in [6.45, 7) is 8.13. The van der Waals surface area contributed by atoms with Gasteiger partial charge in [0.05, 0.1) is 0 Å². The average Bonchev–Trinajstić information content (AvgIpc) is 1.81. The number of alkyl halides is 1. The van der Waals surface area contributed by atoms with Gasteiger partial charge in [0, 0.05) is 9.97 Å². The molecule has 0 aromatic heterocycles. The molecule has 0 bridgehead atoms. The van der Waals surface area contributed by atoms with Gasteiger partial charge in [-0.3, -0.25) is 4.79 Å². The molecule has 0 radical (unpaired) electrons. The van der Waals surface area contributed by atoms with E-state index in [1.807, 2.05) is 0 Å². The molecule has 0 aromatic rings. The van der Waals surface area contributed by atoms with Crippen LogP contribution in [-0.2, 0) is 4.79 Å². The van der Waals surface area contributed by atoms with Crippen molar-refractivity contribution in [1.82, 2.24) is 5.32 Å². The van der Waals surface area contributed by atoms with Crippen molar-refractivity contribution in [3.63, 3.8) is 0 Å². The minimum atomic E-state index is -0.107. The minimum absolute atomic E-state index is 0.107. The van der Waals surface area contributed by atoms with Gasteiger partial charge in [-0.15, -0.1) is 0 Å². The number of halogens is 1. The molecule has 0 spiro atoms. The SMILES string of the molecule is C=CC(=O)NCC(C)(C)I. The van der Waals surface area contributed by atoms with Crippen molar-refractivity contribution in [2.45, 2.75) is 17.3 Å². The molecule has 0 heterocycles. The zero-order valence-corrected chi connectivity index (χ0v) is 8.44. The molecular weight excluding hydrogens is 241 g/mol. The summed E-state index contributed by atoms with van der Waals surface area (Å²) in [6, 6.07) is 0. The van der Waals surface area contributed by atoms with Gasteiger partial charge in [-0.25, -0.2) is 0 Å². The first kappa shape index (κ1) is 9.94. The Bertz CT molecular complexity index is 137. The van der Waals surface area contributed by atoms with Crippen LogP contribution in [-0.4, -0.2) is 15.9 Å². The van der Waals surface area contributed by atoms with Crippen molar-refractivity contribution in [3.05, 3.63) is 12.7 Å². The number of rotatable bonds is 3. The fraction of sp³-hybridized carbons (Fsp3) is 0.571. The van der Waals surface area contributed by atoms with Crippen LogP contribution in [0, 0.1) is 0 Å². The molecule has 1 amide bonds. The van der Waals surface area contributed by atoms with Crippen LogP contribution in [0.25, 0.3) is 0 Å². The lowest BCUT2D eigenvalue weighted by atomic mass is 10.2. The van der Waals surface area contributed by atoms with Gasteiger partial charge >= 0.3 is 0 Å². The van der Waals surface area contributed by atoms with Gasteiger partial charge < -0.3 is 5.32 Å². The van der Waals surface area contributed by atoms with Crippen molar-refractivity contribution in [3.8, 4) is 0 Å². The summed E-state index contributed by atoms with van der Waals surface area (Å²) >= 11 is 2.28. The third kappa shape index (κ3) is 6.07. The van der Waals surface area contributed by atoms with Gasteiger partial charge in [-0.1, -0.05) is 29.2 Å². The predicted octanol–water partition coefficient (Wildman–Crippen LogP) is 1.50. The second-order valence-electron chi connectivity index (χ2n) is 2.64. The number of carbonyl (C=O) groups excluding carboxylic acids is 1. The molecule has 0 aromatic carbocycles. The number of hydrogen-bond donors (Lipinski definition) is 1. The topological polar surface area (TPSA) is 29.1 Å². The highest BCUT2D eigenvalue weighted by Gasteiger charge is 2.11. The fourth-order valence-corrected chi connectivity index (χ4v) is 0.560. The van der Waals surface area contributed by atoms with Crippen molar-refractivity contribution in [2.75, 3.05) is 6.54 Å². The Morgan fingerprint density at radius 2 is 2.30 bits per heavy atom. The third-order valence-electron chi connectivity index (χ3n) is 0.868. The molecule has 0 saturated heterocycles. The number of hydrogen-bond acceptors (Lipinski definition) is 1. The first-order valence-electron chi connectivity index (χ1n) is 3.05. The smallest absolute Gasteiger partial charge is 0.243 e. The van der Waals surface area contributed by atoms with E-state index in [4.69, 9.17) is 0 Å².